The number of nitrogens with one attached hydrogen (secondary N) is 3. The molecule has 1 heterocycles. The molecule has 12 heteroatoms. The van der Waals surface area contributed by atoms with Crippen molar-refractivity contribution in [3.8, 4) is 11.4 Å². The fourth-order valence-corrected chi connectivity index (χ4v) is 4.28. The second kappa shape index (κ2) is 13.0. The largest absolute Gasteiger partial charge is 0.416 e. The zero-order chi connectivity index (χ0) is 31.4. The first-order chi connectivity index (χ1) is 20.3. The van der Waals surface area contributed by atoms with Gasteiger partial charge in [0.25, 0.3) is 5.91 Å². The van der Waals surface area contributed by atoms with Gasteiger partial charge in [-0.1, -0.05) is 50.6 Å². The monoisotopic (exact) mass is 613 g/mol. The Hall–Kier alpha value is -4.22. The van der Waals surface area contributed by atoms with Crippen molar-refractivity contribution in [1.82, 2.24) is 15.3 Å². The normalized spacial score (nSPS) is 11.8. The summed E-state index contributed by atoms with van der Waals surface area (Å²) < 4.78 is 45.2. The third kappa shape index (κ3) is 7.99. The summed E-state index contributed by atoms with van der Waals surface area (Å²) in [6, 6.07) is 14.7. The van der Waals surface area contributed by atoms with Crippen molar-refractivity contribution in [3.05, 3.63) is 82.4 Å². The number of methoxy groups -OCH3 is 1. The Bertz CT molecular complexity index is 1650. The SMILES string of the molecule is COCCNc1nc(-c2cccc(C(F)(F)F)c2)nc2cc(NC(=O)c3cc(CNC(=O)C(C)(C)C)ccc3Cl)ccc12. The van der Waals surface area contributed by atoms with Gasteiger partial charge in [-0.05, 0) is 48.0 Å². The van der Waals surface area contributed by atoms with Gasteiger partial charge in [0.1, 0.15) is 5.82 Å². The van der Waals surface area contributed by atoms with Crippen molar-refractivity contribution in [1.29, 1.82) is 0 Å². The van der Waals surface area contributed by atoms with E-state index in [2.05, 4.69) is 25.9 Å². The van der Waals surface area contributed by atoms with Gasteiger partial charge in [-0.2, -0.15) is 13.2 Å². The topological polar surface area (TPSA) is 105 Å². The highest BCUT2D eigenvalue weighted by atomic mass is 35.5. The lowest BCUT2D eigenvalue weighted by Crippen LogP contribution is -2.34. The lowest BCUT2D eigenvalue weighted by Gasteiger charge is -2.18. The number of rotatable bonds is 9. The number of ether oxygens (including phenoxy) is 1. The van der Waals surface area contributed by atoms with Crippen LogP contribution in [0.3, 0.4) is 0 Å². The number of amides is 2. The van der Waals surface area contributed by atoms with Crippen molar-refractivity contribution < 1.29 is 27.5 Å². The highest BCUT2D eigenvalue weighted by Crippen LogP contribution is 2.33. The minimum Gasteiger partial charge on any atom is -0.383 e. The number of alkyl halides is 3. The van der Waals surface area contributed by atoms with E-state index in [4.69, 9.17) is 16.3 Å². The van der Waals surface area contributed by atoms with E-state index in [0.29, 0.717) is 41.1 Å². The molecule has 2 amide bonds. The number of anilines is 2. The number of halogens is 4. The average Bonchev–Trinajstić information content (AvgIpc) is 2.95. The van der Waals surface area contributed by atoms with Gasteiger partial charge < -0.3 is 20.7 Å². The average molecular weight is 614 g/mol. The molecule has 3 N–H and O–H groups in total. The molecule has 0 bridgehead atoms. The molecule has 1 aromatic heterocycles. The van der Waals surface area contributed by atoms with Crippen molar-refractivity contribution in [2.75, 3.05) is 30.9 Å². The van der Waals surface area contributed by atoms with Crippen LogP contribution in [-0.4, -0.2) is 42.0 Å². The Morgan fingerprint density at radius 3 is 2.44 bits per heavy atom. The summed E-state index contributed by atoms with van der Waals surface area (Å²) in [5.74, 6) is -0.137. The van der Waals surface area contributed by atoms with Crippen LogP contribution in [0.4, 0.5) is 24.7 Å². The standard InChI is InChI=1S/C31H31ClF3N5O3/c1-30(2,3)29(42)37-17-18-8-11-24(32)23(14-18)28(41)38-21-9-10-22-25(16-21)39-26(40-27(22)36-12-13-43-4)19-6-5-7-20(15-19)31(33,34)35/h5-11,14-16H,12-13,17H2,1-4H3,(H,37,42)(H,38,41)(H,36,39,40). The van der Waals surface area contributed by atoms with Crippen LogP contribution in [0.2, 0.25) is 5.02 Å². The number of nitrogens with zero attached hydrogens (tertiary/aromatic N) is 2. The molecular weight excluding hydrogens is 583 g/mol. The first kappa shape index (κ1) is 31.7. The first-order valence-electron chi connectivity index (χ1n) is 13.4. The molecule has 0 saturated carbocycles. The van der Waals surface area contributed by atoms with Crippen molar-refractivity contribution in [2.24, 2.45) is 5.41 Å². The third-order valence-corrected chi connectivity index (χ3v) is 6.74. The highest BCUT2D eigenvalue weighted by Gasteiger charge is 2.30. The van der Waals surface area contributed by atoms with E-state index in [1.54, 1.807) is 64.3 Å². The van der Waals surface area contributed by atoms with Gasteiger partial charge in [-0.15, -0.1) is 0 Å². The van der Waals surface area contributed by atoms with Crippen LogP contribution in [0.1, 0.15) is 42.3 Å². The summed E-state index contributed by atoms with van der Waals surface area (Å²) in [5.41, 5.74) is 0.478. The van der Waals surface area contributed by atoms with Crippen LogP contribution in [0.15, 0.2) is 60.7 Å². The van der Waals surface area contributed by atoms with Gasteiger partial charge in [-0.25, -0.2) is 9.97 Å². The van der Waals surface area contributed by atoms with Gasteiger partial charge in [0.15, 0.2) is 5.82 Å². The molecule has 3 aromatic carbocycles. The minimum absolute atomic E-state index is 0.0787. The lowest BCUT2D eigenvalue weighted by molar-refractivity contribution is -0.137. The summed E-state index contributed by atoms with van der Waals surface area (Å²) in [4.78, 5) is 34.5. The fraction of sp³-hybridized carbons (Fsp3) is 0.290. The molecule has 226 valence electrons. The van der Waals surface area contributed by atoms with E-state index in [9.17, 15) is 22.8 Å². The smallest absolute Gasteiger partial charge is 0.383 e. The zero-order valence-electron chi connectivity index (χ0n) is 24.0. The number of fused-ring (bicyclic) bond motifs is 1. The van der Waals surface area contributed by atoms with Gasteiger partial charge >= 0.3 is 6.18 Å². The fourth-order valence-electron chi connectivity index (χ4n) is 4.08. The summed E-state index contributed by atoms with van der Waals surface area (Å²) >= 11 is 6.33. The Balaban J connectivity index is 1.65. The van der Waals surface area contributed by atoms with Crippen molar-refractivity contribution in [3.63, 3.8) is 0 Å². The molecule has 0 aliphatic carbocycles. The molecule has 4 rings (SSSR count). The van der Waals surface area contributed by atoms with Crippen molar-refractivity contribution in [2.45, 2.75) is 33.5 Å². The van der Waals surface area contributed by atoms with E-state index < -0.39 is 23.1 Å². The predicted molar refractivity (Wildman–Crippen MR) is 161 cm³/mol. The van der Waals surface area contributed by atoms with Gasteiger partial charge in [0, 0.05) is 42.3 Å². The molecule has 0 unspecified atom stereocenters. The molecule has 0 saturated heterocycles. The lowest BCUT2D eigenvalue weighted by atomic mass is 9.95. The number of carbonyl (C=O) groups is 2. The van der Waals surface area contributed by atoms with Crippen molar-refractivity contribution >= 4 is 45.8 Å². The van der Waals surface area contributed by atoms with E-state index in [1.807, 2.05) is 0 Å². The number of aromatic nitrogens is 2. The molecule has 43 heavy (non-hydrogen) atoms. The Morgan fingerprint density at radius 1 is 0.977 bits per heavy atom. The summed E-state index contributed by atoms with van der Waals surface area (Å²) in [6.07, 6.45) is -4.53. The zero-order valence-corrected chi connectivity index (χ0v) is 24.8. The number of hydrogen-bond acceptors (Lipinski definition) is 6. The van der Waals surface area contributed by atoms with Gasteiger partial charge in [-0.3, -0.25) is 9.59 Å². The van der Waals surface area contributed by atoms with E-state index in [1.165, 1.54) is 12.1 Å². The Kier molecular flexibility index (Phi) is 9.56. The molecule has 0 spiro atoms. The predicted octanol–water partition coefficient (Wildman–Crippen LogP) is 6.94. The maximum atomic E-state index is 13.4. The Morgan fingerprint density at radius 2 is 1.74 bits per heavy atom. The summed E-state index contributed by atoms with van der Waals surface area (Å²) in [7, 11) is 1.55. The summed E-state index contributed by atoms with van der Waals surface area (Å²) in [6.45, 7) is 6.40. The first-order valence-corrected chi connectivity index (χ1v) is 13.7. The van der Waals surface area contributed by atoms with E-state index >= 15 is 0 Å². The molecule has 0 atom stereocenters. The molecule has 0 radical (unpaired) electrons. The van der Waals surface area contributed by atoms with Crippen LogP contribution >= 0.6 is 11.6 Å². The highest BCUT2D eigenvalue weighted by molar-refractivity contribution is 6.34. The second-order valence-corrected chi connectivity index (χ2v) is 11.2. The maximum absolute atomic E-state index is 13.4. The van der Waals surface area contributed by atoms with Crippen LogP contribution in [0, 0.1) is 5.41 Å². The van der Waals surface area contributed by atoms with E-state index in [0.717, 1.165) is 12.1 Å². The number of hydrogen-bond donors (Lipinski definition) is 3. The minimum atomic E-state index is -4.53. The number of carbonyl (C=O) groups excluding carboxylic acids is 2. The summed E-state index contributed by atoms with van der Waals surface area (Å²) in [5, 5.41) is 9.61. The molecule has 0 aliphatic heterocycles. The quantitative estimate of drug-likeness (QED) is 0.177. The van der Waals surface area contributed by atoms with Crippen LogP contribution in [0.5, 0.6) is 0 Å². The molecular formula is C31H31ClF3N5O3. The van der Waals surface area contributed by atoms with Gasteiger partial charge in [0.2, 0.25) is 5.91 Å². The van der Waals surface area contributed by atoms with E-state index in [-0.39, 0.29) is 34.4 Å². The maximum Gasteiger partial charge on any atom is 0.416 e. The molecule has 4 aromatic rings. The second-order valence-electron chi connectivity index (χ2n) is 10.8. The molecule has 0 aliphatic rings. The van der Waals surface area contributed by atoms with Gasteiger partial charge in [0.05, 0.1) is 28.3 Å². The third-order valence-electron chi connectivity index (χ3n) is 6.41. The molecule has 8 nitrogen and oxygen atoms in total. The van der Waals surface area contributed by atoms with Crippen LogP contribution in [0.25, 0.3) is 22.3 Å². The van der Waals surface area contributed by atoms with Crippen LogP contribution in [-0.2, 0) is 22.3 Å². The molecule has 0 fully saturated rings. The number of benzene rings is 3. The Labute approximate surface area is 252 Å². The van der Waals surface area contributed by atoms with Crippen LogP contribution < -0.4 is 16.0 Å².